The summed E-state index contributed by atoms with van der Waals surface area (Å²) >= 11 is 0. The number of carbonyl (C=O) groups excluding carboxylic acids is 1. The molecule has 30 heavy (non-hydrogen) atoms. The first-order valence-corrected chi connectivity index (χ1v) is 9.35. The third kappa shape index (κ3) is 7.57. The lowest BCUT2D eigenvalue weighted by atomic mass is 10.1. The first-order valence-electron chi connectivity index (χ1n) is 9.35. The molecule has 0 fully saturated rings. The quantitative estimate of drug-likeness (QED) is 0.248. The highest BCUT2D eigenvalue weighted by atomic mass is 17.0. The van der Waals surface area contributed by atoms with Gasteiger partial charge in [0.25, 0.3) is 5.09 Å². The Morgan fingerprint density at radius 1 is 1.47 bits per heavy atom. The largest absolute Gasteiger partial charge is 0.487 e. The van der Waals surface area contributed by atoms with Gasteiger partial charge in [0.1, 0.15) is 25.4 Å². The first-order chi connectivity index (χ1) is 14.4. The topological polar surface area (TPSA) is 156 Å². The van der Waals surface area contributed by atoms with E-state index in [0.29, 0.717) is 30.2 Å². The van der Waals surface area contributed by atoms with Crippen molar-refractivity contribution in [2.75, 3.05) is 32.8 Å². The maximum Gasteiger partial charge on any atom is 0.294 e. The van der Waals surface area contributed by atoms with Gasteiger partial charge in [-0.05, 0) is 19.1 Å². The molecule has 162 valence electrons. The number of aliphatic hydroxyl groups excluding tert-OH is 1. The van der Waals surface area contributed by atoms with Crippen LogP contribution in [-0.4, -0.2) is 61.2 Å². The van der Waals surface area contributed by atoms with Crippen molar-refractivity contribution in [1.82, 2.24) is 10.6 Å². The number of rotatable bonds is 12. The molecule has 0 saturated carbocycles. The fourth-order valence-electron chi connectivity index (χ4n) is 2.68. The normalized spacial score (nSPS) is 14.2. The van der Waals surface area contributed by atoms with Gasteiger partial charge in [-0.1, -0.05) is 12.1 Å². The van der Waals surface area contributed by atoms with Gasteiger partial charge in [-0.15, -0.1) is 10.1 Å². The molecule has 11 nitrogen and oxygen atoms in total. The van der Waals surface area contributed by atoms with Gasteiger partial charge in [0.15, 0.2) is 11.5 Å². The molecular formula is C19H24N4O7. The van der Waals surface area contributed by atoms with Crippen LogP contribution in [-0.2, 0) is 9.63 Å². The highest BCUT2D eigenvalue weighted by Crippen LogP contribution is 2.35. The number of carbonyl (C=O) groups is 1. The molecule has 1 aromatic rings. The van der Waals surface area contributed by atoms with Gasteiger partial charge >= 0.3 is 0 Å². The lowest BCUT2D eigenvalue weighted by Gasteiger charge is -2.19. The smallest absolute Gasteiger partial charge is 0.294 e. The summed E-state index contributed by atoms with van der Waals surface area (Å²) in [7, 11) is 0. The van der Waals surface area contributed by atoms with Crippen molar-refractivity contribution in [2.24, 2.45) is 0 Å². The van der Waals surface area contributed by atoms with Crippen LogP contribution in [0.4, 0.5) is 0 Å². The van der Waals surface area contributed by atoms with E-state index in [2.05, 4.69) is 21.5 Å². The predicted octanol–water partition coefficient (Wildman–Crippen LogP) is 0.418. The molecule has 0 aliphatic carbocycles. The zero-order chi connectivity index (χ0) is 21.9. The molecule has 2 rings (SSSR count). The van der Waals surface area contributed by atoms with E-state index in [9.17, 15) is 20.0 Å². The predicted molar refractivity (Wildman–Crippen MR) is 105 cm³/mol. The number of ether oxygens (including phenoxy) is 2. The van der Waals surface area contributed by atoms with E-state index in [1.165, 1.54) is 6.92 Å². The summed E-state index contributed by atoms with van der Waals surface area (Å²) in [5, 5.41) is 33.8. The highest BCUT2D eigenvalue weighted by Gasteiger charge is 2.17. The average Bonchev–Trinajstić information content (AvgIpc) is 2.70. The molecule has 1 heterocycles. The summed E-state index contributed by atoms with van der Waals surface area (Å²) in [4.78, 5) is 26.0. The van der Waals surface area contributed by atoms with Crippen molar-refractivity contribution in [3.8, 4) is 17.6 Å². The second kappa shape index (κ2) is 11.6. The average molecular weight is 420 g/mol. The van der Waals surface area contributed by atoms with Crippen LogP contribution >= 0.6 is 0 Å². The number of aliphatic hydroxyl groups is 1. The van der Waals surface area contributed by atoms with Crippen LogP contribution in [0.2, 0.25) is 0 Å². The van der Waals surface area contributed by atoms with E-state index in [-0.39, 0.29) is 32.1 Å². The number of nitrogens with zero attached hydrogens (tertiary/aromatic N) is 2. The van der Waals surface area contributed by atoms with Crippen molar-refractivity contribution >= 4 is 12.0 Å². The monoisotopic (exact) mass is 420 g/mol. The maximum absolute atomic E-state index is 11.6. The second-order valence-corrected chi connectivity index (χ2v) is 6.61. The van der Waals surface area contributed by atoms with Crippen molar-refractivity contribution in [2.45, 2.75) is 25.6 Å². The Hall–Kier alpha value is -3.36. The number of nitriles is 1. The van der Waals surface area contributed by atoms with Gasteiger partial charge in [0, 0.05) is 25.2 Å². The van der Waals surface area contributed by atoms with E-state index in [1.54, 1.807) is 18.2 Å². The molecule has 0 radical (unpaired) electrons. The molecule has 0 aromatic heterocycles. The van der Waals surface area contributed by atoms with Gasteiger partial charge < -0.3 is 30.1 Å². The van der Waals surface area contributed by atoms with E-state index < -0.39 is 17.3 Å². The Kier molecular flexibility index (Phi) is 8.86. The minimum atomic E-state index is -0.930. The molecule has 1 aliphatic heterocycles. The van der Waals surface area contributed by atoms with Gasteiger partial charge in [-0.25, -0.2) is 0 Å². The summed E-state index contributed by atoms with van der Waals surface area (Å²) in [6, 6.07) is 7.38. The van der Waals surface area contributed by atoms with E-state index in [4.69, 9.17) is 14.7 Å². The van der Waals surface area contributed by atoms with Crippen molar-refractivity contribution < 1.29 is 29.3 Å². The molecule has 0 saturated heterocycles. The standard InChI is InChI=1S/C19H24N4O7/c1-13(30-23(26)27)7-18(25)22-6-5-21-10-16(24)12-28-17-4-2-3-15-8-14(9-20)11-29-19(15)17/h2-4,8,13,16,21,24H,5-7,10-12H2,1H3,(H,22,25). The molecule has 2 unspecified atom stereocenters. The van der Waals surface area contributed by atoms with Crippen LogP contribution in [0.3, 0.4) is 0 Å². The number of benzene rings is 1. The lowest BCUT2D eigenvalue weighted by molar-refractivity contribution is -0.767. The van der Waals surface area contributed by atoms with Gasteiger partial charge in [0.05, 0.1) is 18.1 Å². The third-order valence-corrected chi connectivity index (χ3v) is 4.03. The summed E-state index contributed by atoms with van der Waals surface area (Å²) < 4.78 is 11.2. The number of hydrogen-bond donors (Lipinski definition) is 3. The molecule has 1 amide bonds. The number of fused-ring (bicyclic) bond motifs is 1. The van der Waals surface area contributed by atoms with Crippen LogP contribution in [0.25, 0.3) is 6.08 Å². The maximum atomic E-state index is 11.6. The Morgan fingerprint density at radius 2 is 2.27 bits per heavy atom. The zero-order valence-corrected chi connectivity index (χ0v) is 16.5. The molecular weight excluding hydrogens is 396 g/mol. The third-order valence-electron chi connectivity index (χ3n) is 4.03. The second-order valence-electron chi connectivity index (χ2n) is 6.61. The van der Waals surface area contributed by atoms with Crippen molar-refractivity contribution in [1.29, 1.82) is 5.26 Å². The first kappa shape index (κ1) is 22.9. The fourth-order valence-corrected chi connectivity index (χ4v) is 2.68. The van der Waals surface area contributed by atoms with E-state index >= 15 is 0 Å². The molecule has 0 spiro atoms. The molecule has 0 bridgehead atoms. The summed E-state index contributed by atoms with van der Waals surface area (Å²) in [6.07, 6.45) is 0.00860. The van der Waals surface area contributed by atoms with Gasteiger partial charge in [-0.2, -0.15) is 5.26 Å². The van der Waals surface area contributed by atoms with E-state index in [1.807, 2.05) is 6.07 Å². The molecule has 3 N–H and O–H groups in total. The Bertz CT molecular complexity index is 822. The van der Waals surface area contributed by atoms with Gasteiger partial charge in [-0.3, -0.25) is 4.79 Å². The summed E-state index contributed by atoms with van der Waals surface area (Å²) in [6.45, 7) is 2.58. The summed E-state index contributed by atoms with van der Waals surface area (Å²) in [5.74, 6) is 0.658. The van der Waals surface area contributed by atoms with Crippen LogP contribution in [0.15, 0.2) is 23.8 Å². The van der Waals surface area contributed by atoms with Crippen molar-refractivity contribution in [3.63, 3.8) is 0 Å². The fraction of sp³-hybridized carbons (Fsp3) is 0.474. The Morgan fingerprint density at radius 3 is 3.00 bits per heavy atom. The number of nitrogens with one attached hydrogen (secondary N) is 2. The Labute approximate surface area is 173 Å². The SMILES string of the molecule is CC(CC(=O)NCCNCC(O)COc1cccc2c1OCC(C#N)=C2)O[N+](=O)[O-]. The van der Waals surface area contributed by atoms with Crippen molar-refractivity contribution in [3.05, 3.63) is 39.4 Å². The molecule has 1 aromatic carbocycles. The van der Waals surface area contributed by atoms with Crippen LogP contribution < -0.4 is 20.1 Å². The molecule has 11 heteroatoms. The van der Waals surface area contributed by atoms with Gasteiger partial charge in [0.2, 0.25) is 5.91 Å². The number of amides is 1. The minimum Gasteiger partial charge on any atom is -0.487 e. The zero-order valence-electron chi connectivity index (χ0n) is 16.5. The van der Waals surface area contributed by atoms with E-state index in [0.717, 1.165) is 5.56 Å². The number of hydrogen-bond acceptors (Lipinski definition) is 9. The minimum absolute atomic E-state index is 0.0315. The van der Waals surface area contributed by atoms with Crippen LogP contribution in [0.1, 0.15) is 18.9 Å². The highest BCUT2D eigenvalue weighted by molar-refractivity contribution is 5.76. The lowest BCUT2D eigenvalue weighted by Crippen LogP contribution is -2.37. The summed E-state index contributed by atoms with van der Waals surface area (Å²) in [5.41, 5.74) is 1.27. The molecule has 2 atom stereocenters. The van der Waals surface area contributed by atoms with Crippen LogP contribution in [0.5, 0.6) is 11.5 Å². The molecule has 1 aliphatic rings. The Balaban J connectivity index is 1.64. The number of para-hydroxylation sites is 1. The van der Waals surface area contributed by atoms with Crippen LogP contribution in [0, 0.1) is 21.4 Å².